The molecule has 0 bridgehead atoms. The number of amides is 1. The molecule has 1 saturated heterocycles. The lowest BCUT2D eigenvalue weighted by atomic mass is 10.0. The second-order valence-electron chi connectivity index (χ2n) is 5.81. The molecule has 0 atom stereocenters. The maximum Gasteiger partial charge on any atom is 0.410 e. The fourth-order valence-corrected chi connectivity index (χ4v) is 3.47. The van der Waals surface area contributed by atoms with Crippen LogP contribution in [0.3, 0.4) is 0 Å². The highest BCUT2D eigenvalue weighted by Gasteiger charge is 2.36. The van der Waals surface area contributed by atoms with Gasteiger partial charge in [0.15, 0.2) is 0 Å². The van der Waals surface area contributed by atoms with E-state index in [1.165, 1.54) is 24.0 Å². The largest absolute Gasteiger partial charge is 0.448 e. The second kappa shape index (κ2) is 5.85. The highest BCUT2D eigenvalue weighted by Crippen LogP contribution is 2.20. The standard InChI is InChI=1S/C14H19FN2O4S/c1-10-8-11(4-5-12(10)15)22(19,20)16-9-14(2,3)17-6-7-21-13(17)18/h4-5,8,16H,6-7,9H2,1-3H3. The van der Waals surface area contributed by atoms with E-state index in [2.05, 4.69) is 4.72 Å². The van der Waals surface area contributed by atoms with Crippen LogP contribution in [0.15, 0.2) is 23.1 Å². The van der Waals surface area contributed by atoms with Gasteiger partial charge in [0.25, 0.3) is 0 Å². The van der Waals surface area contributed by atoms with Crippen LogP contribution in [0.25, 0.3) is 0 Å². The van der Waals surface area contributed by atoms with Crippen molar-refractivity contribution in [3.8, 4) is 0 Å². The average molecular weight is 330 g/mol. The van der Waals surface area contributed by atoms with E-state index >= 15 is 0 Å². The normalized spacial score (nSPS) is 16.0. The van der Waals surface area contributed by atoms with Crippen LogP contribution in [-0.2, 0) is 14.8 Å². The summed E-state index contributed by atoms with van der Waals surface area (Å²) in [6.45, 7) is 5.74. The van der Waals surface area contributed by atoms with Gasteiger partial charge in [0.2, 0.25) is 10.0 Å². The third-order valence-electron chi connectivity index (χ3n) is 3.63. The molecule has 6 nitrogen and oxygen atoms in total. The van der Waals surface area contributed by atoms with Gasteiger partial charge in [-0.1, -0.05) is 0 Å². The van der Waals surface area contributed by atoms with E-state index in [-0.39, 0.29) is 17.0 Å². The molecular formula is C14H19FN2O4S. The van der Waals surface area contributed by atoms with E-state index in [1.54, 1.807) is 13.8 Å². The van der Waals surface area contributed by atoms with Gasteiger partial charge in [-0.3, -0.25) is 4.90 Å². The third-order valence-corrected chi connectivity index (χ3v) is 5.02. The Hall–Kier alpha value is -1.67. The number of sulfonamides is 1. The van der Waals surface area contributed by atoms with Crippen LogP contribution in [0.2, 0.25) is 0 Å². The number of nitrogens with zero attached hydrogens (tertiary/aromatic N) is 1. The summed E-state index contributed by atoms with van der Waals surface area (Å²) in [5.74, 6) is -0.459. The van der Waals surface area contributed by atoms with Gasteiger partial charge in [-0.15, -0.1) is 0 Å². The van der Waals surface area contributed by atoms with Crippen molar-refractivity contribution in [2.24, 2.45) is 0 Å². The van der Waals surface area contributed by atoms with Gasteiger partial charge in [0.05, 0.1) is 17.0 Å². The molecule has 0 unspecified atom stereocenters. The zero-order chi connectivity index (χ0) is 16.5. The predicted molar refractivity (Wildman–Crippen MR) is 78.5 cm³/mol. The van der Waals surface area contributed by atoms with Crippen LogP contribution in [0.5, 0.6) is 0 Å². The van der Waals surface area contributed by atoms with Gasteiger partial charge in [-0.2, -0.15) is 0 Å². The minimum atomic E-state index is -3.78. The van der Waals surface area contributed by atoms with Gasteiger partial charge < -0.3 is 4.74 Å². The van der Waals surface area contributed by atoms with Crippen molar-refractivity contribution in [3.63, 3.8) is 0 Å². The molecule has 1 aliphatic heterocycles. The van der Waals surface area contributed by atoms with Crippen LogP contribution in [-0.4, -0.2) is 44.6 Å². The number of rotatable bonds is 5. The molecule has 0 aromatic heterocycles. The average Bonchev–Trinajstić information content (AvgIpc) is 2.87. The molecular weight excluding hydrogens is 311 g/mol. The molecule has 0 radical (unpaired) electrons. The summed E-state index contributed by atoms with van der Waals surface area (Å²) in [6.07, 6.45) is -0.457. The number of hydrogen-bond acceptors (Lipinski definition) is 4. The first-order valence-electron chi connectivity index (χ1n) is 6.84. The van der Waals surface area contributed by atoms with Crippen molar-refractivity contribution in [2.45, 2.75) is 31.2 Å². The summed E-state index contributed by atoms with van der Waals surface area (Å²) in [7, 11) is -3.78. The molecule has 1 aromatic carbocycles. The number of cyclic esters (lactones) is 1. The number of halogens is 1. The van der Waals surface area contributed by atoms with Crippen molar-refractivity contribution >= 4 is 16.1 Å². The first-order valence-corrected chi connectivity index (χ1v) is 8.32. The van der Waals surface area contributed by atoms with Crippen LogP contribution < -0.4 is 4.72 Å². The highest BCUT2D eigenvalue weighted by atomic mass is 32.2. The third kappa shape index (κ3) is 3.38. The van der Waals surface area contributed by atoms with E-state index in [0.29, 0.717) is 13.2 Å². The van der Waals surface area contributed by atoms with Gasteiger partial charge in [0, 0.05) is 6.54 Å². The Morgan fingerprint density at radius 2 is 2.09 bits per heavy atom. The molecule has 1 fully saturated rings. The van der Waals surface area contributed by atoms with Gasteiger partial charge in [0.1, 0.15) is 12.4 Å². The zero-order valence-electron chi connectivity index (χ0n) is 12.7. The summed E-state index contributed by atoms with van der Waals surface area (Å²) in [6, 6.07) is 3.60. The van der Waals surface area contributed by atoms with E-state index in [0.717, 1.165) is 6.07 Å². The first-order chi connectivity index (χ1) is 10.1. The molecule has 8 heteroatoms. The van der Waals surface area contributed by atoms with E-state index in [4.69, 9.17) is 4.74 Å². The molecule has 1 aliphatic rings. The van der Waals surface area contributed by atoms with Crippen molar-refractivity contribution in [2.75, 3.05) is 19.7 Å². The molecule has 122 valence electrons. The molecule has 2 rings (SSSR count). The highest BCUT2D eigenvalue weighted by molar-refractivity contribution is 7.89. The van der Waals surface area contributed by atoms with Crippen LogP contribution in [0.4, 0.5) is 9.18 Å². The molecule has 0 aliphatic carbocycles. The number of nitrogens with one attached hydrogen (secondary N) is 1. The molecule has 1 amide bonds. The smallest absolute Gasteiger partial charge is 0.410 e. The Kier molecular flexibility index (Phi) is 4.44. The fourth-order valence-electron chi connectivity index (χ4n) is 2.18. The van der Waals surface area contributed by atoms with E-state index in [9.17, 15) is 17.6 Å². The Bertz CT molecular complexity index is 688. The Labute approximate surface area is 129 Å². The lowest BCUT2D eigenvalue weighted by molar-refractivity contribution is 0.127. The number of carbonyl (C=O) groups excluding carboxylic acids is 1. The quantitative estimate of drug-likeness (QED) is 0.890. The summed E-state index contributed by atoms with van der Waals surface area (Å²) in [5, 5.41) is 0. The maximum atomic E-state index is 13.2. The predicted octanol–water partition coefficient (Wildman–Crippen LogP) is 1.64. The monoisotopic (exact) mass is 330 g/mol. The number of benzene rings is 1. The lowest BCUT2D eigenvalue weighted by Gasteiger charge is -2.33. The number of aryl methyl sites for hydroxylation is 1. The van der Waals surface area contributed by atoms with E-state index < -0.39 is 27.5 Å². The van der Waals surface area contributed by atoms with Crippen molar-refractivity contribution < 1.29 is 22.3 Å². The van der Waals surface area contributed by atoms with Crippen molar-refractivity contribution in [1.82, 2.24) is 9.62 Å². The van der Waals surface area contributed by atoms with Crippen molar-refractivity contribution in [1.29, 1.82) is 0 Å². The molecule has 1 aromatic rings. The van der Waals surface area contributed by atoms with Crippen LogP contribution in [0, 0.1) is 12.7 Å². The first kappa shape index (κ1) is 16.7. The number of carbonyl (C=O) groups is 1. The summed E-state index contributed by atoms with van der Waals surface area (Å²) in [4.78, 5) is 13.1. The van der Waals surface area contributed by atoms with Crippen molar-refractivity contribution in [3.05, 3.63) is 29.6 Å². The molecule has 1 heterocycles. The molecule has 22 heavy (non-hydrogen) atoms. The lowest BCUT2D eigenvalue weighted by Crippen LogP contribution is -2.52. The number of ether oxygens (including phenoxy) is 1. The Balaban J connectivity index is 2.12. The zero-order valence-corrected chi connectivity index (χ0v) is 13.5. The van der Waals surface area contributed by atoms with Gasteiger partial charge in [-0.05, 0) is 44.5 Å². The minimum absolute atomic E-state index is 0.00815. The Morgan fingerprint density at radius 3 is 2.64 bits per heavy atom. The fraction of sp³-hybridized carbons (Fsp3) is 0.500. The van der Waals surface area contributed by atoms with E-state index in [1.807, 2.05) is 0 Å². The molecule has 0 spiro atoms. The topological polar surface area (TPSA) is 75.7 Å². The van der Waals surface area contributed by atoms with Gasteiger partial charge >= 0.3 is 6.09 Å². The van der Waals surface area contributed by atoms with Crippen LogP contribution >= 0.6 is 0 Å². The SMILES string of the molecule is Cc1cc(S(=O)(=O)NCC(C)(C)N2CCOC2=O)ccc1F. The Morgan fingerprint density at radius 1 is 1.41 bits per heavy atom. The summed E-state index contributed by atoms with van der Waals surface area (Å²) in [5.41, 5.74) is -0.472. The number of hydrogen-bond donors (Lipinski definition) is 1. The minimum Gasteiger partial charge on any atom is -0.448 e. The van der Waals surface area contributed by atoms with Crippen LogP contribution in [0.1, 0.15) is 19.4 Å². The molecule has 0 saturated carbocycles. The van der Waals surface area contributed by atoms with Gasteiger partial charge in [-0.25, -0.2) is 22.3 Å². The summed E-state index contributed by atoms with van der Waals surface area (Å²) >= 11 is 0. The molecule has 1 N–H and O–H groups in total. The summed E-state index contributed by atoms with van der Waals surface area (Å²) < 4.78 is 45.1. The second-order valence-corrected chi connectivity index (χ2v) is 7.58. The maximum absolute atomic E-state index is 13.2.